The molecule has 1 nitrogen and oxygen atoms in total. The first kappa shape index (κ1) is 11.0. The maximum atomic E-state index is 3.91. The van der Waals surface area contributed by atoms with E-state index < -0.39 is 0 Å². The average molecular weight is 189 g/mol. The lowest BCUT2D eigenvalue weighted by Crippen LogP contribution is -2.29. The molecule has 76 valence electrons. The Bertz CT molecular complexity index is 279. The van der Waals surface area contributed by atoms with E-state index in [1.165, 1.54) is 5.56 Å². The van der Waals surface area contributed by atoms with Crippen molar-refractivity contribution in [1.29, 1.82) is 0 Å². The molecule has 0 radical (unpaired) electrons. The minimum absolute atomic E-state index is 0.149. The van der Waals surface area contributed by atoms with Gasteiger partial charge in [0.2, 0.25) is 0 Å². The highest BCUT2D eigenvalue weighted by Gasteiger charge is 2.19. The predicted octanol–water partition coefficient (Wildman–Crippen LogP) is 2.64. The third-order valence-corrected chi connectivity index (χ3v) is 2.52. The van der Waals surface area contributed by atoms with E-state index in [0.29, 0.717) is 0 Å². The van der Waals surface area contributed by atoms with E-state index in [1.807, 2.05) is 19.2 Å². The molecule has 0 aromatic heterocycles. The zero-order valence-electron chi connectivity index (χ0n) is 9.09. The maximum Gasteiger partial charge on any atom is 0.00400 e. The van der Waals surface area contributed by atoms with Gasteiger partial charge in [-0.2, -0.15) is 0 Å². The number of rotatable bonds is 5. The Kier molecular flexibility index (Phi) is 3.90. The fourth-order valence-corrected chi connectivity index (χ4v) is 1.67. The zero-order chi connectivity index (χ0) is 10.4. The van der Waals surface area contributed by atoms with Gasteiger partial charge in [-0.15, -0.1) is 6.58 Å². The lowest BCUT2D eigenvalue weighted by Gasteiger charge is -2.25. The zero-order valence-corrected chi connectivity index (χ0v) is 9.09. The molecule has 1 unspecified atom stereocenters. The molecule has 1 aromatic rings. The summed E-state index contributed by atoms with van der Waals surface area (Å²) in [6.07, 6.45) is 3.08. The van der Waals surface area contributed by atoms with Crippen LogP contribution in [0.25, 0.3) is 0 Å². The molecular weight excluding hydrogens is 170 g/mol. The van der Waals surface area contributed by atoms with Crippen LogP contribution in [0.4, 0.5) is 0 Å². The van der Waals surface area contributed by atoms with Crippen molar-refractivity contribution in [2.24, 2.45) is 5.41 Å². The monoisotopic (exact) mass is 189 g/mol. The fourth-order valence-electron chi connectivity index (χ4n) is 1.67. The van der Waals surface area contributed by atoms with E-state index in [9.17, 15) is 0 Å². The van der Waals surface area contributed by atoms with E-state index in [4.69, 9.17) is 0 Å². The van der Waals surface area contributed by atoms with Gasteiger partial charge in [-0.25, -0.2) is 0 Å². The molecule has 1 atom stereocenters. The Hall–Kier alpha value is -1.08. The molecule has 0 bridgehead atoms. The summed E-state index contributed by atoms with van der Waals surface area (Å²) >= 11 is 0. The Balaban J connectivity index is 2.70. The summed E-state index contributed by atoms with van der Waals surface area (Å²) in [5.41, 5.74) is 1.51. The van der Waals surface area contributed by atoms with Crippen molar-refractivity contribution in [3.05, 3.63) is 48.6 Å². The van der Waals surface area contributed by atoms with E-state index in [0.717, 1.165) is 13.0 Å². The Morgan fingerprint density at radius 2 is 2.00 bits per heavy atom. The normalized spacial score (nSPS) is 14.7. The standard InChI is InChI=1S/C13H19N/c1-4-13(2,11-14-3)10-12-8-6-5-7-9-12/h4-9,14H,1,10-11H2,2-3H3. The second-order valence-corrected chi connectivity index (χ2v) is 4.05. The van der Waals surface area contributed by atoms with E-state index in [1.54, 1.807) is 0 Å². The van der Waals surface area contributed by atoms with E-state index in [2.05, 4.69) is 43.1 Å². The van der Waals surface area contributed by atoms with Gasteiger partial charge in [-0.05, 0) is 19.0 Å². The molecule has 0 aliphatic rings. The highest BCUT2D eigenvalue weighted by molar-refractivity contribution is 5.18. The van der Waals surface area contributed by atoms with Gasteiger partial charge in [-0.3, -0.25) is 0 Å². The Morgan fingerprint density at radius 3 is 2.50 bits per heavy atom. The van der Waals surface area contributed by atoms with Crippen LogP contribution in [0.1, 0.15) is 12.5 Å². The molecule has 0 saturated heterocycles. The van der Waals surface area contributed by atoms with Crippen molar-refractivity contribution in [2.75, 3.05) is 13.6 Å². The van der Waals surface area contributed by atoms with Gasteiger partial charge >= 0.3 is 0 Å². The van der Waals surface area contributed by atoms with Crippen LogP contribution in [0.2, 0.25) is 0 Å². The molecular formula is C13H19N. The first-order valence-electron chi connectivity index (χ1n) is 5.02. The van der Waals surface area contributed by atoms with Crippen molar-refractivity contribution in [2.45, 2.75) is 13.3 Å². The van der Waals surface area contributed by atoms with Crippen LogP contribution >= 0.6 is 0 Å². The molecule has 0 aliphatic carbocycles. The largest absolute Gasteiger partial charge is 0.319 e. The highest BCUT2D eigenvalue weighted by atomic mass is 14.8. The summed E-state index contributed by atoms with van der Waals surface area (Å²) < 4.78 is 0. The lowest BCUT2D eigenvalue weighted by atomic mass is 9.84. The van der Waals surface area contributed by atoms with Gasteiger partial charge in [0.25, 0.3) is 0 Å². The molecule has 14 heavy (non-hydrogen) atoms. The summed E-state index contributed by atoms with van der Waals surface area (Å²) in [4.78, 5) is 0. The summed E-state index contributed by atoms with van der Waals surface area (Å²) in [7, 11) is 1.98. The number of hydrogen-bond donors (Lipinski definition) is 1. The molecule has 1 heteroatoms. The first-order chi connectivity index (χ1) is 6.70. The van der Waals surface area contributed by atoms with Gasteiger partial charge in [0.1, 0.15) is 0 Å². The van der Waals surface area contributed by atoms with Crippen molar-refractivity contribution in [3.63, 3.8) is 0 Å². The molecule has 0 heterocycles. The lowest BCUT2D eigenvalue weighted by molar-refractivity contribution is 0.406. The summed E-state index contributed by atoms with van der Waals surface area (Å²) in [6, 6.07) is 10.5. The molecule has 0 aliphatic heterocycles. The second kappa shape index (κ2) is 4.97. The second-order valence-electron chi connectivity index (χ2n) is 4.05. The predicted molar refractivity (Wildman–Crippen MR) is 62.4 cm³/mol. The highest BCUT2D eigenvalue weighted by Crippen LogP contribution is 2.22. The van der Waals surface area contributed by atoms with Gasteiger partial charge in [0.05, 0.1) is 0 Å². The van der Waals surface area contributed by atoms with Crippen molar-refractivity contribution < 1.29 is 0 Å². The van der Waals surface area contributed by atoms with E-state index >= 15 is 0 Å². The van der Waals surface area contributed by atoms with Crippen LogP contribution < -0.4 is 5.32 Å². The molecule has 1 rings (SSSR count). The topological polar surface area (TPSA) is 12.0 Å². The molecule has 0 spiro atoms. The van der Waals surface area contributed by atoms with Crippen molar-refractivity contribution in [3.8, 4) is 0 Å². The quantitative estimate of drug-likeness (QED) is 0.702. The first-order valence-corrected chi connectivity index (χ1v) is 5.02. The van der Waals surface area contributed by atoms with Crippen molar-refractivity contribution >= 4 is 0 Å². The fraction of sp³-hybridized carbons (Fsp3) is 0.385. The van der Waals surface area contributed by atoms with Gasteiger partial charge < -0.3 is 5.32 Å². The van der Waals surface area contributed by atoms with Crippen LogP contribution in [0, 0.1) is 5.41 Å². The molecule has 0 saturated carbocycles. The summed E-state index contributed by atoms with van der Waals surface area (Å²) in [5.74, 6) is 0. The van der Waals surface area contributed by atoms with Crippen LogP contribution in [0.15, 0.2) is 43.0 Å². The molecule has 0 fully saturated rings. The van der Waals surface area contributed by atoms with Crippen LogP contribution in [-0.4, -0.2) is 13.6 Å². The Labute approximate surface area is 86.8 Å². The minimum atomic E-state index is 0.149. The summed E-state index contributed by atoms with van der Waals surface area (Å²) in [5, 5.41) is 3.21. The van der Waals surface area contributed by atoms with Crippen LogP contribution in [0.3, 0.4) is 0 Å². The van der Waals surface area contributed by atoms with Crippen LogP contribution in [-0.2, 0) is 6.42 Å². The van der Waals surface area contributed by atoms with Gasteiger partial charge in [0, 0.05) is 12.0 Å². The SMILES string of the molecule is C=CC(C)(CNC)Cc1ccccc1. The van der Waals surface area contributed by atoms with Crippen LogP contribution in [0.5, 0.6) is 0 Å². The number of hydrogen-bond acceptors (Lipinski definition) is 1. The number of benzene rings is 1. The smallest absolute Gasteiger partial charge is 0.00400 e. The minimum Gasteiger partial charge on any atom is -0.319 e. The van der Waals surface area contributed by atoms with Gasteiger partial charge in [-0.1, -0.05) is 43.3 Å². The Morgan fingerprint density at radius 1 is 1.36 bits per heavy atom. The average Bonchev–Trinajstić information content (AvgIpc) is 2.20. The molecule has 0 amide bonds. The third-order valence-electron chi connectivity index (χ3n) is 2.52. The van der Waals surface area contributed by atoms with Crippen molar-refractivity contribution in [1.82, 2.24) is 5.32 Å². The van der Waals surface area contributed by atoms with Gasteiger partial charge in [0.15, 0.2) is 0 Å². The number of nitrogens with one attached hydrogen (secondary N) is 1. The van der Waals surface area contributed by atoms with E-state index in [-0.39, 0.29) is 5.41 Å². The maximum absolute atomic E-state index is 3.91. The third kappa shape index (κ3) is 3.00. The molecule has 1 aromatic carbocycles. The molecule has 1 N–H and O–H groups in total. The summed E-state index contributed by atoms with van der Waals surface area (Å²) in [6.45, 7) is 7.10.